The molecule has 3 aromatic rings. The number of aromatic nitrogens is 4. The van der Waals surface area contributed by atoms with Gasteiger partial charge < -0.3 is 14.5 Å². The predicted molar refractivity (Wildman–Crippen MR) is 90.4 cm³/mol. The van der Waals surface area contributed by atoms with Crippen LogP contribution < -0.4 is 0 Å². The van der Waals surface area contributed by atoms with E-state index in [0.29, 0.717) is 11.6 Å². The summed E-state index contributed by atoms with van der Waals surface area (Å²) in [6, 6.07) is 8.07. The lowest BCUT2D eigenvalue weighted by atomic mass is 10.0. The van der Waals surface area contributed by atoms with E-state index in [1.165, 1.54) is 0 Å². The van der Waals surface area contributed by atoms with Crippen LogP contribution >= 0.6 is 0 Å². The molecule has 3 heterocycles. The molecule has 0 spiro atoms. The molecular formula is C18H19N5O. The van der Waals surface area contributed by atoms with E-state index in [4.69, 9.17) is 0 Å². The number of carbonyl (C=O) groups is 1. The van der Waals surface area contributed by atoms with Crippen molar-refractivity contribution in [2.75, 3.05) is 13.1 Å². The smallest absolute Gasteiger partial charge is 0.254 e. The highest BCUT2D eigenvalue weighted by Crippen LogP contribution is 2.26. The molecule has 24 heavy (non-hydrogen) atoms. The lowest BCUT2D eigenvalue weighted by Gasteiger charge is -2.33. The molecule has 1 saturated heterocycles. The zero-order valence-corrected chi connectivity index (χ0v) is 13.3. The Bertz CT molecular complexity index is 802. The first-order valence-corrected chi connectivity index (χ1v) is 8.18. The van der Waals surface area contributed by atoms with Gasteiger partial charge in [0, 0.05) is 49.5 Å². The number of carbonyl (C=O) groups excluding carboxylic acids is 1. The van der Waals surface area contributed by atoms with Crippen LogP contribution in [0.4, 0.5) is 0 Å². The van der Waals surface area contributed by atoms with Crippen LogP contribution in [0.25, 0.3) is 11.4 Å². The topological polar surface area (TPSA) is 66.8 Å². The summed E-state index contributed by atoms with van der Waals surface area (Å²) in [5.74, 6) is 0.804. The molecule has 1 amide bonds. The summed E-state index contributed by atoms with van der Waals surface area (Å²) in [6.45, 7) is 1.52. The van der Waals surface area contributed by atoms with Crippen molar-refractivity contribution in [1.29, 1.82) is 0 Å². The molecule has 4 rings (SSSR count). The average molecular weight is 321 g/mol. The molecule has 6 heteroatoms. The molecule has 1 aliphatic heterocycles. The Labute approximate surface area is 140 Å². The van der Waals surface area contributed by atoms with Gasteiger partial charge in [0.15, 0.2) is 0 Å². The van der Waals surface area contributed by atoms with Crippen LogP contribution in [-0.4, -0.2) is 43.4 Å². The van der Waals surface area contributed by atoms with Crippen molar-refractivity contribution < 1.29 is 4.79 Å². The molecule has 1 aliphatic rings. The van der Waals surface area contributed by atoms with Crippen molar-refractivity contribution in [2.24, 2.45) is 0 Å². The van der Waals surface area contributed by atoms with Gasteiger partial charge in [-0.25, -0.2) is 9.97 Å². The Morgan fingerprint density at radius 1 is 1.17 bits per heavy atom. The summed E-state index contributed by atoms with van der Waals surface area (Å²) in [5.41, 5.74) is 1.55. The quantitative estimate of drug-likeness (QED) is 0.806. The Morgan fingerprint density at radius 3 is 2.71 bits per heavy atom. The van der Waals surface area contributed by atoms with E-state index in [0.717, 1.165) is 37.3 Å². The van der Waals surface area contributed by atoms with Crippen LogP contribution in [0.15, 0.2) is 55.4 Å². The van der Waals surface area contributed by atoms with Gasteiger partial charge in [-0.1, -0.05) is 18.2 Å². The summed E-state index contributed by atoms with van der Waals surface area (Å²) >= 11 is 0. The molecule has 0 aliphatic carbocycles. The molecule has 0 saturated carbocycles. The number of H-pyrrole nitrogens is 1. The second-order valence-corrected chi connectivity index (χ2v) is 6.02. The number of amides is 1. The second-order valence-electron chi connectivity index (χ2n) is 6.02. The molecule has 2 aromatic heterocycles. The van der Waals surface area contributed by atoms with Crippen LogP contribution in [0.5, 0.6) is 0 Å². The normalized spacial score (nSPS) is 15.6. The number of likely N-dealkylation sites (tertiary alicyclic amines) is 1. The van der Waals surface area contributed by atoms with Gasteiger partial charge in [0.25, 0.3) is 5.91 Å². The summed E-state index contributed by atoms with van der Waals surface area (Å²) in [4.78, 5) is 26.4. The minimum Gasteiger partial charge on any atom is -0.345 e. The SMILES string of the molecule is O=C(c1ccccc1-c1ncc[nH]1)N1CCC(n2ccnc2)CC1. The van der Waals surface area contributed by atoms with Gasteiger partial charge in [0.05, 0.1) is 11.9 Å². The molecule has 0 unspecified atom stereocenters. The summed E-state index contributed by atoms with van der Waals surface area (Å²) in [5, 5.41) is 0. The Hall–Kier alpha value is -2.89. The molecule has 1 fully saturated rings. The maximum atomic E-state index is 13.0. The Balaban J connectivity index is 1.51. The first-order chi connectivity index (χ1) is 11.8. The maximum Gasteiger partial charge on any atom is 0.254 e. The van der Waals surface area contributed by atoms with Gasteiger partial charge in [0.1, 0.15) is 5.82 Å². The van der Waals surface area contributed by atoms with Crippen molar-refractivity contribution in [1.82, 2.24) is 24.4 Å². The minimum atomic E-state index is 0.0751. The van der Waals surface area contributed by atoms with Crippen LogP contribution in [0.3, 0.4) is 0 Å². The van der Waals surface area contributed by atoms with E-state index >= 15 is 0 Å². The fourth-order valence-electron chi connectivity index (χ4n) is 3.31. The van der Waals surface area contributed by atoms with Crippen molar-refractivity contribution in [3.8, 4) is 11.4 Å². The number of aromatic amines is 1. The number of piperidine rings is 1. The molecule has 1 aromatic carbocycles. The van der Waals surface area contributed by atoms with E-state index in [9.17, 15) is 4.79 Å². The lowest BCUT2D eigenvalue weighted by Crippen LogP contribution is -2.39. The first-order valence-electron chi connectivity index (χ1n) is 8.18. The van der Waals surface area contributed by atoms with Crippen molar-refractivity contribution >= 4 is 5.91 Å². The van der Waals surface area contributed by atoms with E-state index in [-0.39, 0.29) is 5.91 Å². The maximum absolute atomic E-state index is 13.0. The monoisotopic (exact) mass is 321 g/mol. The largest absolute Gasteiger partial charge is 0.345 e. The van der Waals surface area contributed by atoms with Crippen LogP contribution in [-0.2, 0) is 0 Å². The van der Waals surface area contributed by atoms with Gasteiger partial charge in [-0.05, 0) is 18.9 Å². The highest BCUT2D eigenvalue weighted by molar-refractivity contribution is 6.00. The second kappa shape index (κ2) is 6.31. The number of nitrogens with zero attached hydrogens (tertiary/aromatic N) is 4. The van der Waals surface area contributed by atoms with Crippen LogP contribution in [0.1, 0.15) is 29.2 Å². The van der Waals surface area contributed by atoms with Gasteiger partial charge in [0.2, 0.25) is 0 Å². The summed E-state index contributed by atoms with van der Waals surface area (Å²) in [7, 11) is 0. The predicted octanol–water partition coefficient (Wildman–Crippen LogP) is 2.75. The van der Waals surface area contributed by atoms with Gasteiger partial charge >= 0.3 is 0 Å². The zero-order chi connectivity index (χ0) is 16.4. The number of benzene rings is 1. The molecule has 1 N–H and O–H groups in total. The average Bonchev–Trinajstić information content (AvgIpc) is 3.35. The van der Waals surface area contributed by atoms with Crippen molar-refractivity contribution in [3.63, 3.8) is 0 Å². The fraction of sp³-hybridized carbons (Fsp3) is 0.278. The van der Waals surface area contributed by atoms with E-state index in [2.05, 4.69) is 19.5 Å². The zero-order valence-electron chi connectivity index (χ0n) is 13.3. The van der Waals surface area contributed by atoms with Gasteiger partial charge in [-0.15, -0.1) is 0 Å². The minimum absolute atomic E-state index is 0.0751. The Kier molecular flexibility index (Phi) is 3.86. The molecule has 0 atom stereocenters. The van der Waals surface area contributed by atoms with E-state index in [1.54, 1.807) is 18.6 Å². The molecule has 0 bridgehead atoms. The third-order valence-corrected chi connectivity index (χ3v) is 4.61. The lowest BCUT2D eigenvalue weighted by molar-refractivity contribution is 0.0695. The van der Waals surface area contributed by atoms with Crippen LogP contribution in [0.2, 0.25) is 0 Å². The third kappa shape index (κ3) is 2.71. The van der Waals surface area contributed by atoms with E-state index < -0.39 is 0 Å². The summed E-state index contributed by atoms with van der Waals surface area (Å²) < 4.78 is 2.14. The molecule has 6 nitrogen and oxygen atoms in total. The number of imidazole rings is 2. The number of hydrogen-bond acceptors (Lipinski definition) is 3. The fourth-order valence-corrected chi connectivity index (χ4v) is 3.31. The molecule has 122 valence electrons. The van der Waals surface area contributed by atoms with Crippen molar-refractivity contribution in [2.45, 2.75) is 18.9 Å². The first kappa shape index (κ1) is 14.7. The number of hydrogen-bond donors (Lipinski definition) is 1. The third-order valence-electron chi connectivity index (χ3n) is 4.61. The van der Waals surface area contributed by atoms with Gasteiger partial charge in [-0.2, -0.15) is 0 Å². The summed E-state index contributed by atoms with van der Waals surface area (Å²) in [6.07, 6.45) is 11.0. The highest BCUT2D eigenvalue weighted by atomic mass is 16.2. The number of nitrogens with one attached hydrogen (secondary N) is 1. The highest BCUT2D eigenvalue weighted by Gasteiger charge is 2.26. The Morgan fingerprint density at radius 2 is 2.00 bits per heavy atom. The standard InChI is InChI=1S/C18H19N5O/c24-18(16-4-2-1-3-15(16)17-20-7-8-21-17)22-10-5-14(6-11-22)23-12-9-19-13-23/h1-4,7-9,12-14H,5-6,10-11H2,(H,20,21). The molecular weight excluding hydrogens is 302 g/mol. The van der Waals surface area contributed by atoms with Crippen molar-refractivity contribution in [3.05, 3.63) is 60.9 Å². The van der Waals surface area contributed by atoms with Crippen LogP contribution in [0, 0.1) is 0 Å². The number of rotatable bonds is 3. The van der Waals surface area contributed by atoms with Gasteiger partial charge in [-0.3, -0.25) is 4.79 Å². The molecule has 0 radical (unpaired) electrons. The van der Waals surface area contributed by atoms with E-state index in [1.807, 2.05) is 41.7 Å².